The Balaban J connectivity index is 2.38. The van der Waals surface area contributed by atoms with Crippen molar-refractivity contribution >= 4 is 0 Å². The fourth-order valence-electron chi connectivity index (χ4n) is 4.25. The molecule has 0 bridgehead atoms. The molecule has 1 heterocycles. The van der Waals surface area contributed by atoms with E-state index in [0.717, 1.165) is 5.57 Å². The van der Waals surface area contributed by atoms with Crippen molar-refractivity contribution in [3.05, 3.63) is 46.7 Å². The standard InChI is InChI=1S/C21H21N5O2/c1-26-7-6-14-16(9-22)20(25)21(11-23,12-24)19(17(14)10-26)15-8-13(27-2)4-5-18(15)28-3/h4-6,8,17,19H,7,10,25H2,1-3H3/t17-,19-/m0/s1. The molecule has 2 aliphatic rings. The van der Waals surface area contributed by atoms with Gasteiger partial charge in [0.1, 0.15) is 17.6 Å². The van der Waals surface area contributed by atoms with Crippen LogP contribution in [0.2, 0.25) is 0 Å². The van der Waals surface area contributed by atoms with Gasteiger partial charge >= 0.3 is 0 Å². The maximum Gasteiger partial charge on any atom is 0.191 e. The van der Waals surface area contributed by atoms with Crippen LogP contribution in [0.5, 0.6) is 11.5 Å². The predicted octanol–water partition coefficient (Wildman–Crippen LogP) is 2.06. The number of fused-ring (bicyclic) bond motifs is 1. The molecule has 1 aromatic carbocycles. The first kappa shape index (κ1) is 19.3. The monoisotopic (exact) mass is 375 g/mol. The minimum absolute atomic E-state index is 0.00178. The molecule has 7 heteroatoms. The molecule has 0 radical (unpaired) electrons. The number of hydrogen-bond acceptors (Lipinski definition) is 7. The molecule has 1 aliphatic heterocycles. The number of allylic oxidation sites excluding steroid dienone is 2. The first-order valence-electron chi connectivity index (χ1n) is 8.81. The van der Waals surface area contributed by atoms with E-state index in [-0.39, 0.29) is 17.2 Å². The SMILES string of the molecule is COc1ccc(OC)c([C@H]2[C@H]3CN(C)CC=C3C(C#N)=C(N)C2(C#N)C#N)c1. The van der Waals surface area contributed by atoms with Gasteiger partial charge in [-0.05, 0) is 30.8 Å². The van der Waals surface area contributed by atoms with Gasteiger partial charge in [-0.2, -0.15) is 15.8 Å². The van der Waals surface area contributed by atoms with E-state index in [1.807, 2.05) is 13.1 Å². The topological polar surface area (TPSA) is 119 Å². The molecule has 0 amide bonds. The van der Waals surface area contributed by atoms with Gasteiger partial charge in [-0.1, -0.05) is 6.08 Å². The molecule has 1 aromatic rings. The molecule has 142 valence electrons. The smallest absolute Gasteiger partial charge is 0.191 e. The van der Waals surface area contributed by atoms with Gasteiger partial charge in [0.25, 0.3) is 0 Å². The molecule has 1 aliphatic carbocycles. The van der Waals surface area contributed by atoms with Crippen LogP contribution in [-0.2, 0) is 0 Å². The summed E-state index contributed by atoms with van der Waals surface area (Å²) in [6.45, 7) is 1.25. The van der Waals surface area contributed by atoms with Gasteiger partial charge < -0.3 is 20.1 Å². The summed E-state index contributed by atoms with van der Waals surface area (Å²) in [6, 6.07) is 11.7. The number of methoxy groups -OCH3 is 2. The molecule has 0 saturated heterocycles. The highest BCUT2D eigenvalue weighted by Crippen LogP contribution is 2.56. The Morgan fingerprint density at radius 1 is 1.18 bits per heavy atom. The zero-order valence-corrected chi connectivity index (χ0v) is 16.1. The maximum atomic E-state index is 10.1. The Morgan fingerprint density at radius 2 is 1.89 bits per heavy atom. The van der Waals surface area contributed by atoms with E-state index in [4.69, 9.17) is 15.2 Å². The number of rotatable bonds is 3. The second-order valence-electron chi connectivity index (χ2n) is 7.00. The van der Waals surface area contributed by atoms with Crippen LogP contribution >= 0.6 is 0 Å². The van der Waals surface area contributed by atoms with Crippen LogP contribution in [0.15, 0.2) is 41.1 Å². The molecule has 0 saturated carbocycles. The highest BCUT2D eigenvalue weighted by atomic mass is 16.5. The second kappa shape index (κ2) is 7.27. The fourth-order valence-corrected chi connectivity index (χ4v) is 4.25. The van der Waals surface area contributed by atoms with E-state index in [1.54, 1.807) is 25.3 Å². The molecule has 0 spiro atoms. The average molecular weight is 375 g/mol. The summed E-state index contributed by atoms with van der Waals surface area (Å²) in [5, 5.41) is 29.9. The summed E-state index contributed by atoms with van der Waals surface area (Å²) in [6.07, 6.45) is 1.96. The molecule has 2 atom stereocenters. The van der Waals surface area contributed by atoms with E-state index < -0.39 is 11.3 Å². The van der Waals surface area contributed by atoms with Crippen molar-refractivity contribution in [2.45, 2.75) is 5.92 Å². The summed E-state index contributed by atoms with van der Waals surface area (Å²) < 4.78 is 10.9. The fraction of sp³-hybridized carbons (Fsp3) is 0.381. The van der Waals surface area contributed by atoms with Crippen molar-refractivity contribution in [1.29, 1.82) is 15.8 Å². The summed E-state index contributed by atoms with van der Waals surface area (Å²) >= 11 is 0. The summed E-state index contributed by atoms with van der Waals surface area (Å²) in [5.74, 6) is 0.255. The third-order valence-corrected chi connectivity index (χ3v) is 5.62. The molecule has 3 rings (SSSR count). The van der Waals surface area contributed by atoms with Crippen molar-refractivity contribution in [2.24, 2.45) is 17.1 Å². The molecule has 0 aromatic heterocycles. The van der Waals surface area contributed by atoms with Crippen LogP contribution < -0.4 is 15.2 Å². The van der Waals surface area contributed by atoms with Gasteiger partial charge in [0.05, 0.1) is 37.6 Å². The Kier molecular flexibility index (Phi) is 5.01. The molecule has 7 nitrogen and oxygen atoms in total. The Morgan fingerprint density at radius 3 is 2.46 bits per heavy atom. The number of hydrogen-bond donors (Lipinski definition) is 1. The zero-order chi connectivity index (χ0) is 20.5. The highest BCUT2D eigenvalue weighted by molar-refractivity contribution is 5.61. The van der Waals surface area contributed by atoms with Gasteiger partial charge in [0.2, 0.25) is 0 Å². The van der Waals surface area contributed by atoms with Crippen molar-refractivity contribution < 1.29 is 9.47 Å². The number of likely N-dealkylation sites (N-methyl/N-ethyl adjacent to an activating group) is 1. The quantitative estimate of drug-likeness (QED) is 0.858. The number of nitriles is 3. The molecule has 28 heavy (non-hydrogen) atoms. The van der Waals surface area contributed by atoms with Crippen molar-refractivity contribution in [2.75, 3.05) is 34.4 Å². The number of benzene rings is 1. The number of ether oxygens (including phenoxy) is 2. The normalized spacial score (nSPS) is 23.5. The van der Waals surface area contributed by atoms with Gasteiger partial charge in [-0.3, -0.25) is 0 Å². The van der Waals surface area contributed by atoms with E-state index in [2.05, 4.69) is 23.1 Å². The second-order valence-corrected chi connectivity index (χ2v) is 7.00. The molecule has 2 N–H and O–H groups in total. The van der Waals surface area contributed by atoms with Gasteiger partial charge in [0, 0.05) is 30.5 Å². The van der Waals surface area contributed by atoms with E-state index in [0.29, 0.717) is 30.2 Å². The number of nitrogens with two attached hydrogens (primary N) is 1. The first-order valence-corrected chi connectivity index (χ1v) is 8.81. The lowest BCUT2D eigenvalue weighted by Crippen LogP contribution is -2.47. The largest absolute Gasteiger partial charge is 0.497 e. The van der Waals surface area contributed by atoms with Crippen LogP contribution in [-0.4, -0.2) is 39.3 Å². The minimum atomic E-state index is -1.69. The summed E-state index contributed by atoms with van der Waals surface area (Å²) in [4.78, 5) is 2.09. The zero-order valence-electron chi connectivity index (χ0n) is 16.1. The van der Waals surface area contributed by atoms with Crippen LogP contribution in [0, 0.1) is 45.3 Å². The van der Waals surface area contributed by atoms with Gasteiger partial charge in [0.15, 0.2) is 5.41 Å². The van der Waals surface area contributed by atoms with Crippen molar-refractivity contribution in [3.8, 4) is 29.7 Å². The molecule has 0 unspecified atom stereocenters. The highest BCUT2D eigenvalue weighted by Gasteiger charge is 2.55. The third kappa shape index (κ3) is 2.67. The van der Waals surface area contributed by atoms with Gasteiger partial charge in [-0.25, -0.2) is 0 Å². The summed E-state index contributed by atoms with van der Waals surface area (Å²) in [7, 11) is 5.05. The first-order chi connectivity index (χ1) is 13.5. The lowest BCUT2D eigenvalue weighted by Gasteiger charge is -2.45. The van der Waals surface area contributed by atoms with E-state index in [1.165, 1.54) is 7.11 Å². The molecular weight excluding hydrogens is 354 g/mol. The summed E-state index contributed by atoms with van der Waals surface area (Å²) in [5.41, 5.74) is 6.30. The Labute approximate surface area is 164 Å². The van der Waals surface area contributed by atoms with Crippen LogP contribution in [0.4, 0.5) is 0 Å². The minimum Gasteiger partial charge on any atom is -0.497 e. The lowest BCUT2D eigenvalue weighted by molar-refractivity contribution is 0.234. The molecular formula is C21H21N5O2. The van der Waals surface area contributed by atoms with Crippen LogP contribution in [0.25, 0.3) is 0 Å². The van der Waals surface area contributed by atoms with Crippen molar-refractivity contribution in [3.63, 3.8) is 0 Å². The maximum absolute atomic E-state index is 10.1. The number of nitrogens with zero attached hydrogens (tertiary/aromatic N) is 4. The van der Waals surface area contributed by atoms with Crippen LogP contribution in [0.1, 0.15) is 11.5 Å². The average Bonchev–Trinajstić information content (AvgIpc) is 2.72. The Bertz CT molecular complexity index is 976. The van der Waals surface area contributed by atoms with Crippen LogP contribution in [0.3, 0.4) is 0 Å². The van der Waals surface area contributed by atoms with Gasteiger partial charge in [-0.15, -0.1) is 0 Å². The van der Waals surface area contributed by atoms with E-state index >= 15 is 0 Å². The third-order valence-electron chi connectivity index (χ3n) is 5.62. The predicted molar refractivity (Wildman–Crippen MR) is 102 cm³/mol. The van der Waals surface area contributed by atoms with Crippen molar-refractivity contribution in [1.82, 2.24) is 4.90 Å². The Hall–Kier alpha value is -3.47. The van der Waals surface area contributed by atoms with E-state index in [9.17, 15) is 15.8 Å². The molecule has 0 fully saturated rings. The lowest BCUT2D eigenvalue weighted by atomic mass is 9.58.